The number of carbonyl (C=O) groups excluding carboxylic acids is 1. The molecule has 0 spiro atoms. The first-order valence-corrected chi connectivity index (χ1v) is 12.0. The minimum absolute atomic E-state index is 0.132. The summed E-state index contributed by atoms with van der Waals surface area (Å²) in [7, 11) is -2.36. The van der Waals surface area contributed by atoms with Crippen LogP contribution < -0.4 is 15.9 Å². The van der Waals surface area contributed by atoms with Crippen molar-refractivity contribution in [2.24, 2.45) is 0 Å². The summed E-state index contributed by atoms with van der Waals surface area (Å²) >= 11 is 0. The molecule has 3 rings (SSSR count). The summed E-state index contributed by atoms with van der Waals surface area (Å²) in [5.74, 6) is -0.132. The van der Waals surface area contributed by atoms with Crippen molar-refractivity contribution in [1.82, 2.24) is 0 Å². The second kappa shape index (κ2) is 8.71. The molecule has 146 valence electrons. The third-order valence-corrected chi connectivity index (χ3v) is 9.88. The molecule has 28 heavy (non-hydrogen) atoms. The van der Waals surface area contributed by atoms with Crippen molar-refractivity contribution >= 4 is 29.1 Å². The van der Waals surface area contributed by atoms with Gasteiger partial charge in [-0.3, -0.25) is 0 Å². The summed E-state index contributed by atoms with van der Waals surface area (Å²) < 4.78 is 5.62. The van der Waals surface area contributed by atoms with E-state index in [9.17, 15) is 4.79 Å². The predicted octanol–water partition coefficient (Wildman–Crippen LogP) is 4.44. The number of benzene rings is 3. The molecule has 0 aliphatic heterocycles. The molecule has 0 bridgehead atoms. The van der Waals surface area contributed by atoms with Crippen LogP contribution in [0.1, 0.15) is 27.2 Å². The van der Waals surface area contributed by atoms with E-state index in [1.165, 1.54) is 15.9 Å². The molecule has 2 nitrogen and oxygen atoms in total. The Bertz CT molecular complexity index is 787. The van der Waals surface area contributed by atoms with Crippen molar-refractivity contribution in [3.8, 4) is 0 Å². The number of ether oxygens (including phenoxy) is 1. The summed E-state index contributed by atoms with van der Waals surface area (Å²) in [5.41, 5.74) is -0.465. The van der Waals surface area contributed by atoms with E-state index in [1.54, 1.807) is 0 Å². The molecule has 3 heteroatoms. The van der Waals surface area contributed by atoms with Gasteiger partial charge in [0.05, 0.1) is 0 Å². The molecule has 0 saturated carbocycles. The van der Waals surface area contributed by atoms with Crippen LogP contribution in [0.15, 0.2) is 91.0 Å². The normalized spacial score (nSPS) is 12.4. The van der Waals surface area contributed by atoms with Gasteiger partial charge in [-0.2, -0.15) is 0 Å². The van der Waals surface area contributed by atoms with E-state index in [2.05, 4.69) is 72.8 Å². The number of hydrogen-bond donors (Lipinski definition) is 0. The molecule has 0 N–H and O–H groups in total. The van der Waals surface area contributed by atoms with E-state index >= 15 is 0 Å². The first-order valence-electron chi connectivity index (χ1n) is 9.80. The monoisotopic (exact) mass is 392 g/mol. The fourth-order valence-corrected chi connectivity index (χ4v) is 8.51. The standard InChI is InChI=1S/C25H29O2P/c1-25(2,3)27-24(26)19-20-28(21-13-7-4-8-14-21,22-15-9-5-10-16-22)23-17-11-6-12-18-23/h4-18,28H,19-20H2,1-3H3. The zero-order valence-electron chi connectivity index (χ0n) is 16.9. The van der Waals surface area contributed by atoms with Crippen molar-refractivity contribution in [3.63, 3.8) is 0 Å². The summed E-state index contributed by atoms with van der Waals surface area (Å²) in [6.45, 7) is 5.75. The molecule has 0 saturated heterocycles. The Morgan fingerprint density at radius 3 is 1.39 bits per heavy atom. The van der Waals surface area contributed by atoms with Gasteiger partial charge in [0, 0.05) is 0 Å². The van der Waals surface area contributed by atoms with Gasteiger partial charge >= 0.3 is 169 Å². The van der Waals surface area contributed by atoms with Crippen LogP contribution in [0.2, 0.25) is 0 Å². The number of rotatable bonds is 6. The van der Waals surface area contributed by atoms with Crippen molar-refractivity contribution in [2.45, 2.75) is 32.8 Å². The summed E-state index contributed by atoms with van der Waals surface area (Å²) in [5, 5.41) is 3.95. The van der Waals surface area contributed by atoms with E-state index in [1.807, 2.05) is 39.0 Å². The van der Waals surface area contributed by atoms with Crippen molar-refractivity contribution < 1.29 is 9.53 Å². The van der Waals surface area contributed by atoms with Gasteiger partial charge in [-0.05, 0) is 0 Å². The number of hydrogen-bond acceptors (Lipinski definition) is 2. The van der Waals surface area contributed by atoms with Crippen LogP contribution in [0, 0.1) is 0 Å². The molecular weight excluding hydrogens is 363 g/mol. The Kier molecular flexibility index (Phi) is 6.31. The van der Waals surface area contributed by atoms with Crippen molar-refractivity contribution in [1.29, 1.82) is 0 Å². The van der Waals surface area contributed by atoms with Crippen LogP contribution in [0.25, 0.3) is 0 Å². The maximum atomic E-state index is 12.6. The van der Waals surface area contributed by atoms with E-state index in [0.29, 0.717) is 6.42 Å². The minimum atomic E-state index is -2.36. The van der Waals surface area contributed by atoms with Gasteiger partial charge in [0.15, 0.2) is 0 Å². The Hall–Kier alpha value is -2.44. The van der Waals surface area contributed by atoms with Crippen LogP contribution in [0.4, 0.5) is 0 Å². The number of carbonyl (C=O) groups is 1. The Morgan fingerprint density at radius 1 is 0.714 bits per heavy atom. The summed E-state index contributed by atoms with van der Waals surface area (Å²) in [4.78, 5) is 12.6. The molecule has 0 fully saturated rings. The second-order valence-electron chi connectivity index (χ2n) is 8.09. The van der Waals surface area contributed by atoms with Crippen LogP contribution >= 0.6 is 7.26 Å². The van der Waals surface area contributed by atoms with Crippen LogP contribution in [0.5, 0.6) is 0 Å². The van der Waals surface area contributed by atoms with E-state index in [4.69, 9.17) is 4.74 Å². The third-order valence-electron chi connectivity index (χ3n) is 4.92. The molecular formula is C25H29O2P. The molecule has 0 radical (unpaired) electrons. The quantitative estimate of drug-likeness (QED) is 0.458. The first-order chi connectivity index (χ1) is 13.4. The van der Waals surface area contributed by atoms with E-state index < -0.39 is 12.9 Å². The van der Waals surface area contributed by atoms with Crippen LogP contribution in [-0.4, -0.2) is 17.7 Å². The van der Waals surface area contributed by atoms with Crippen molar-refractivity contribution in [3.05, 3.63) is 91.0 Å². The average molecular weight is 392 g/mol. The molecule has 0 heterocycles. The van der Waals surface area contributed by atoms with Gasteiger partial charge in [-0.25, -0.2) is 0 Å². The molecule has 0 atom stereocenters. The summed E-state index contributed by atoms with van der Waals surface area (Å²) in [6.07, 6.45) is 1.18. The maximum absolute atomic E-state index is 12.6. The molecule has 3 aromatic carbocycles. The molecule has 0 aromatic heterocycles. The Balaban J connectivity index is 2.10. The third kappa shape index (κ3) is 4.69. The first kappa shape index (κ1) is 20.3. The SMILES string of the molecule is CC(C)(C)OC(=O)CC[PH](c1ccccc1)(c1ccccc1)c1ccccc1. The molecule has 0 aliphatic rings. The van der Waals surface area contributed by atoms with Gasteiger partial charge < -0.3 is 0 Å². The van der Waals surface area contributed by atoms with Gasteiger partial charge in [-0.15, -0.1) is 0 Å². The molecule has 0 aliphatic carbocycles. The average Bonchev–Trinajstić information content (AvgIpc) is 2.70. The zero-order chi connectivity index (χ0) is 20.0. The van der Waals surface area contributed by atoms with E-state index in [-0.39, 0.29) is 5.97 Å². The fraction of sp³-hybridized carbons (Fsp3) is 0.240. The predicted molar refractivity (Wildman–Crippen MR) is 122 cm³/mol. The Labute approximate surface area is 168 Å². The second-order valence-corrected chi connectivity index (χ2v) is 12.1. The van der Waals surface area contributed by atoms with Crippen molar-refractivity contribution in [2.75, 3.05) is 6.16 Å². The zero-order valence-corrected chi connectivity index (χ0v) is 17.9. The van der Waals surface area contributed by atoms with Gasteiger partial charge in [0.1, 0.15) is 0 Å². The van der Waals surface area contributed by atoms with Gasteiger partial charge in [-0.1, -0.05) is 0 Å². The number of esters is 1. The van der Waals surface area contributed by atoms with Gasteiger partial charge in [0.25, 0.3) is 0 Å². The van der Waals surface area contributed by atoms with Crippen LogP contribution in [0.3, 0.4) is 0 Å². The summed E-state index contributed by atoms with van der Waals surface area (Å²) in [6, 6.07) is 32.0. The molecule has 3 aromatic rings. The molecule has 0 amide bonds. The van der Waals surface area contributed by atoms with Gasteiger partial charge in [0.2, 0.25) is 0 Å². The Morgan fingerprint density at radius 2 is 1.07 bits per heavy atom. The van der Waals surface area contributed by atoms with Crippen LogP contribution in [-0.2, 0) is 9.53 Å². The van der Waals surface area contributed by atoms with E-state index in [0.717, 1.165) is 6.16 Å². The topological polar surface area (TPSA) is 26.3 Å². The fourth-order valence-electron chi connectivity index (χ4n) is 3.78. The molecule has 0 unspecified atom stereocenters.